The topological polar surface area (TPSA) is 92.3 Å². The van der Waals surface area contributed by atoms with Gasteiger partial charge in [-0.05, 0) is 57.2 Å². The molecule has 27 heavy (non-hydrogen) atoms. The van der Waals surface area contributed by atoms with E-state index in [1.807, 2.05) is 12.1 Å². The fraction of sp³-hybridized carbons (Fsp3) is 0.316. The number of nitrogens with zero attached hydrogens (tertiary/aromatic N) is 1. The molecule has 7 nitrogen and oxygen atoms in total. The molecule has 0 aliphatic heterocycles. The Morgan fingerprint density at radius 2 is 1.85 bits per heavy atom. The van der Waals surface area contributed by atoms with Crippen LogP contribution >= 0.6 is 11.6 Å². The number of halogens is 1. The van der Waals surface area contributed by atoms with E-state index in [2.05, 4.69) is 20.9 Å². The molecule has 0 unspecified atom stereocenters. The van der Waals surface area contributed by atoms with Crippen molar-refractivity contribution < 1.29 is 14.3 Å². The van der Waals surface area contributed by atoms with Crippen LogP contribution in [0.1, 0.15) is 27.2 Å². The quantitative estimate of drug-likeness (QED) is 0.682. The number of hydrogen-bond acceptors (Lipinski definition) is 5. The van der Waals surface area contributed by atoms with E-state index in [4.69, 9.17) is 16.3 Å². The number of hydrogen-bond donors (Lipinski definition) is 3. The molecular formula is C19H23ClN4O3. The Bertz CT molecular complexity index is 788. The van der Waals surface area contributed by atoms with E-state index in [-0.39, 0.29) is 18.9 Å². The Morgan fingerprint density at radius 1 is 1.15 bits per heavy atom. The summed E-state index contributed by atoms with van der Waals surface area (Å²) in [6.45, 7) is 5.49. The summed E-state index contributed by atoms with van der Waals surface area (Å²) in [6, 6.07) is 10.6. The maximum Gasteiger partial charge on any atom is 0.407 e. The van der Waals surface area contributed by atoms with Crippen molar-refractivity contribution in [1.82, 2.24) is 10.3 Å². The summed E-state index contributed by atoms with van der Waals surface area (Å²) >= 11 is 5.88. The highest BCUT2D eigenvalue weighted by atomic mass is 35.5. The zero-order valence-corrected chi connectivity index (χ0v) is 16.3. The Kier molecular flexibility index (Phi) is 7.01. The molecular weight excluding hydrogens is 368 g/mol. The van der Waals surface area contributed by atoms with Gasteiger partial charge in [0, 0.05) is 29.9 Å². The second-order valence-electron chi connectivity index (χ2n) is 6.76. The fourth-order valence-corrected chi connectivity index (χ4v) is 2.21. The van der Waals surface area contributed by atoms with Gasteiger partial charge >= 0.3 is 6.09 Å². The van der Waals surface area contributed by atoms with Crippen molar-refractivity contribution >= 4 is 40.8 Å². The Hall–Kier alpha value is -2.80. The van der Waals surface area contributed by atoms with Crippen molar-refractivity contribution in [3.05, 3.63) is 47.6 Å². The first kappa shape index (κ1) is 20.5. The largest absolute Gasteiger partial charge is 0.444 e. The second kappa shape index (κ2) is 9.23. The minimum atomic E-state index is -0.579. The van der Waals surface area contributed by atoms with E-state index in [0.29, 0.717) is 16.5 Å². The molecule has 0 bridgehead atoms. The van der Waals surface area contributed by atoms with Gasteiger partial charge in [-0.25, -0.2) is 9.78 Å². The molecule has 2 amide bonds. The predicted molar refractivity (Wildman–Crippen MR) is 106 cm³/mol. The minimum Gasteiger partial charge on any atom is -0.444 e. The number of ether oxygens (including phenoxy) is 1. The molecule has 0 aliphatic carbocycles. The molecule has 0 saturated heterocycles. The van der Waals surface area contributed by atoms with Crippen molar-refractivity contribution in [2.24, 2.45) is 0 Å². The van der Waals surface area contributed by atoms with Crippen LogP contribution in [0.3, 0.4) is 0 Å². The molecule has 2 rings (SSSR count). The molecule has 3 N–H and O–H groups in total. The van der Waals surface area contributed by atoms with E-state index in [1.165, 1.54) is 0 Å². The van der Waals surface area contributed by atoms with E-state index in [9.17, 15) is 9.59 Å². The van der Waals surface area contributed by atoms with Crippen LogP contribution in [-0.2, 0) is 9.53 Å². The normalized spacial score (nSPS) is 10.8. The zero-order valence-electron chi connectivity index (χ0n) is 15.5. The number of aromatic nitrogens is 1. The molecule has 0 atom stereocenters. The van der Waals surface area contributed by atoms with Gasteiger partial charge in [0.15, 0.2) is 5.82 Å². The highest BCUT2D eigenvalue weighted by Crippen LogP contribution is 2.23. The highest BCUT2D eigenvalue weighted by molar-refractivity contribution is 6.30. The molecule has 0 spiro atoms. The number of carbonyl (C=O) groups excluding carboxylic acids is 2. The van der Waals surface area contributed by atoms with Gasteiger partial charge in [0.25, 0.3) is 0 Å². The third-order valence-corrected chi connectivity index (χ3v) is 3.46. The van der Waals surface area contributed by atoms with Crippen LogP contribution in [0, 0.1) is 0 Å². The van der Waals surface area contributed by atoms with Crippen molar-refractivity contribution in [3.8, 4) is 0 Å². The molecule has 8 heteroatoms. The van der Waals surface area contributed by atoms with Gasteiger partial charge < -0.3 is 20.7 Å². The number of rotatable bonds is 6. The SMILES string of the molecule is CC(C)(C)OC(=O)NCCC(=O)Nc1cccnc1Nc1ccc(Cl)cc1. The van der Waals surface area contributed by atoms with Crippen molar-refractivity contribution in [1.29, 1.82) is 0 Å². The number of alkyl carbamates (subject to hydrolysis) is 1. The molecule has 1 aromatic carbocycles. The summed E-state index contributed by atoms with van der Waals surface area (Å²) < 4.78 is 5.12. The minimum absolute atomic E-state index is 0.106. The molecule has 1 aromatic heterocycles. The van der Waals surface area contributed by atoms with Gasteiger partial charge in [0.05, 0.1) is 5.69 Å². The summed E-state index contributed by atoms with van der Waals surface area (Å²) in [5, 5.41) is 9.09. The molecule has 0 aliphatic rings. The van der Waals surface area contributed by atoms with Crippen molar-refractivity contribution in [2.45, 2.75) is 32.8 Å². The van der Waals surface area contributed by atoms with Crippen LogP contribution in [0.25, 0.3) is 0 Å². The molecule has 0 fully saturated rings. The summed E-state index contributed by atoms with van der Waals surface area (Å²) in [7, 11) is 0. The van der Waals surface area contributed by atoms with Crippen molar-refractivity contribution in [3.63, 3.8) is 0 Å². The lowest BCUT2D eigenvalue weighted by molar-refractivity contribution is -0.116. The number of amides is 2. The number of carbonyl (C=O) groups is 2. The number of nitrogens with one attached hydrogen (secondary N) is 3. The van der Waals surface area contributed by atoms with Crippen LogP contribution in [0.4, 0.5) is 22.0 Å². The standard InChI is InChI=1S/C19H23ClN4O3/c1-19(2,3)27-18(26)22-12-10-16(25)24-15-5-4-11-21-17(15)23-14-8-6-13(20)7-9-14/h4-9,11H,10,12H2,1-3H3,(H,21,23)(H,22,26)(H,24,25). The lowest BCUT2D eigenvalue weighted by Crippen LogP contribution is -2.34. The first-order valence-electron chi connectivity index (χ1n) is 8.47. The summed E-state index contributed by atoms with van der Waals surface area (Å²) in [5.41, 5.74) is 0.750. The third kappa shape index (κ3) is 7.53. The third-order valence-electron chi connectivity index (χ3n) is 3.21. The predicted octanol–water partition coefficient (Wildman–Crippen LogP) is 4.33. The number of pyridine rings is 1. The van der Waals surface area contributed by atoms with Gasteiger partial charge in [0.1, 0.15) is 5.60 Å². The summed E-state index contributed by atoms with van der Waals surface area (Å²) in [5.74, 6) is 0.256. The van der Waals surface area contributed by atoms with E-state index in [1.54, 1.807) is 51.2 Å². The van der Waals surface area contributed by atoms with Gasteiger partial charge in [-0.1, -0.05) is 11.6 Å². The smallest absolute Gasteiger partial charge is 0.407 e. The van der Waals surface area contributed by atoms with Crippen LogP contribution < -0.4 is 16.0 Å². The van der Waals surface area contributed by atoms with E-state index >= 15 is 0 Å². The lowest BCUT2D eigenvalue weighted by atomic mass is 10.2. The molecule has 0 radical (unpaired) electrons. The number of anilines is 3. The first-order valence-corrected chi connectivity index (χ1v) is 8.85. The monoisotopic (exact) mass is 390 g/mol. The Labute approximate surface area is 163 Å². The Morgan fingerprint density at radius 3 is 2.52 bits per heavy atom. The molecule has 0 saturated carbocycles. The van der Waals surface area contributed by atoms with Crippen LogP contribution in [0.5, 0.6) is 0 Å². The van der Waals surface area contributed by atoms with Crippen LogP contribution in [-0.4, -0.2) is 29.1 Å². The van der Waals surface area contributed by atoms with Crippen LogP contribution in [0.15, 0.2) is 42.6 Å². The highest BCUT2D eigenvalue weighted by Gasteiger charge is 2.16. The number of benzene rings is 1. The lowest BCUT2D eigenvalue weighted by Gasteiger charge is -2.19. The first-order chi connectivity index (χ1) is 12.7. The van der Waals surface area contributed by atoms with Crippen LogP contribution in [0.2, 0.25) is 5.02 Å². The summed E-state index contributed by atoms with van der Waals surface area (Å²) in [4.78, 5) is 28.0. The fourth-order valence-electron chi connectivity index (χ4n) is 2.08. The van der Waals surface area contributed by atoms with E-state index < -0.39 is 11.7 Å². The average Bonchev–Trinajstić information content (AvgIpc) is 2.57. The van der Waals surface area contributed by atoms with Gasteiger partial charge in [-0.3, -0.25) is 4.79 Å². The zero-order chi connectivity index (χ0) is 19.9. The van der Waals surface area contributed by atoms with Gasteiger partial charge in [-0.2, -0.15) is 0 Å². The van der Waals surface area contributed by atoms with Gasteiger partial charge in [0.2, 0.25) is 5.91 Å². The maximum absolute atomic E-state index is 12.2. The molecule has 2 aromatic rings. The summed E-state index contributed by atoms with van der Waals surface area (Å²) in [6.07, 6.45) is 1.17. The Balaban J connectivity index is 1.88. The second-order valence-corrected chi connectivity index (χ2v) is 7.19. The van der Waals surface area contributed by atoms with E-state index in [0.717, 1.165) is 5.69 Å². The maximum atomic E-state index is 12.2. The molecule has 144 valence electrons. The van der Waals surface area contributed by atoms with Gasteiger partial charge in [-0.15, -0.1) is 0 Å². The average molecular weight is 391 g/mol. The van der Waals surface area contributed by atoms with Crippen molar-refractivity contribution in [2.75, 3.05) is 17.2 Å². The molecule has 1 heterocycles.